The third-order valence-corrected chi connectivity index (χ3v) is 9.06. The first-order valence-electron chi connectivity index (χ1n) is 13.3. The number of likely N-dealkylation sites (N-methyl/N-ethyl adjacent to an activating group) is 1. The summed E-state index contributed by atoms with van der Waals surface area (Å²) in [4.78, 5) is 40.8. The zero-order valence-electron chi connectivity index (χ0n) is 24.2. The van der Waals surface area contributed by atoms with E-state index in [0.29, 0.717) is 33.7 Å². The molecule has 1 N–H and O–H groups in total. The van der Waals surface area contributed by atoms with E-state index in [9.17, 15) is 22.8 Å². The number of carbonyl (C=O) groups is 2. The minimum atomic E-state index is -4.11. The first-order chi connectivity index (χ1) is 19.9. The predicted octanol–water partition coefficient (Wildman–Crippen LogP) is 3.06. The lowest BCUT2D eigenvalue weighted by Gasteiger charge is -2.37. The van der Waals surface area contributed by atoms with Crippen molar-refractivity contribution in [2.75, 3.05) is 25.6 Å². The van der Waals surface area contributed by atoms with Gasteiger partial charge in [0.1, 0.15) is 17.8 Å². The molecule has 1 unspecified atom stereocenters. The fraction of sp³-hybridized carbons (Fsp3) is 0.300. The number of benzene rings is 2. The van der Waals surface area contributed by atoms with Gasteiger partial charge in [0.25, 0.3) is 21.5 Å². The lowest BCUT2D eigenvalue weighted by atomic mass is 9.97. The van der Waals surface area contributed by atoms with Crippen molar-refractivity contribution in [2.45, 2.75) is 31.8 Å². The minimum absolute atomic E-state index is 0.0401. The second kappa shape index (κ2) is 10.7. The maximum absolute atomic E-state index is 13.7. The molecule has 42 heavy (non-hydrogen) atoms. The van der Waals surface area contributed by atoms with Crippen LogP contribution in [-0.2, 0) is 26.7 Å². The number of anilines is 1. The van der Waals surface area contributed by atoms with Crippen LogP contribution in [0.5, 0.6) is 11.5 Å². The molecular formula is C30H32N4O7S. The van der Waals surface area contributed by atoms with Crippen LogP contribution in [-0.4, -0.2) is 55.6 Å². The van der Waals surface area contributed by atoms with Crippen molar-refractivity contribution in [3.63, 3.8) is 0 Å². The van der Waals surface area contributed by atoms with Gasteiger partial charge >= 0.3 is 0 Å². The molecule has 4 aromatic rings. The molecule has 1 aliphatic heterocycles. The van der Waals surface area contributed by atoms with Crippen LogP contribution in [0.2, 0.25) is 0 Å². The number of fused-ring (bicyclic) bond motifs is 2. The zero-order valence-corrected chi connectivity index (χ0v) is 25.0. The van der Waals surface area contributed by atoms with Crippen molar-refractivity contribution in [3.8, 4) is 22.6 Å². The van der Waals surface area contributed by atoms with Gasteiger partial charge in [-0.1, -0.05) is 31.5 Å². The molecule has 1 atom stereocenters. The number of aromatic nitrogens is 2. The number of amides is 2. The van der Waals surface area contributed by atoms with E-state index in [4.69, 9.17) is 9.47 Å². The van der Waals surface area contributed by atoms with E-state index in [1.54, 1.807) is 36.5 Å². The smallest absolute Gasteiger partial charge is 0.275 e. The number of hydrogen-bond donors (Lipinski definition) is 1. The Balaban J connectivity index is 1.80. The third kappa shape index (κ3) is 4.71. The Morgan fingerprint density at radius 1 is 1.10 bits per heavy atom. The number of hydrogen-bond acceptors (Lipinski definition) is 7. The summed E-state index contributed by atoms with van der Waals surface area (Å²) in [5.41, 5.74) is 1.62. The first kappa shape index (κ1) is 28.9. The van der Waals surface area contributed by atoms with Crippen molar-refractivity contribution in [1.29, 1.82) is 0 Å². The molecule has 0 fully saturated rings. The molecule has 12 heteroatoms. The van der Waals surface area contributed by atoms with Crippen LogP contribution in [0.15, 0.2) is 64.5 Å². The van der Waals surface area contributed by atoms with E-state index in [-0.39, 0.29) is 34.7 Å². The number of pyridine rings is 1. The molecule has 0 saturated carbocycles. The van der Waals surface area contributed by atoms with Crippen molar-refractivity contribution in [3.05, 3.63) is 70.8 Å². The Kier molecular flexibility index (Phi) is 7.35. The molecule has 2 aromatic carbocycles. The Morgan fingerprint density at radius 2 is 1.79 bits per heavy atom. The summed E-state index contributed by atoms with van der Waals surface area (Å²) in [6.07, 6.45) is 2.07. The summed E-state index contributed by atoms with van der Waals surface area (Å²) in [6.45, 7) is 5.30. The molecule has 5 rings (SSSR count). The lowest BCUT2D eigenvalue weighted by Crippen LogP contribution is -2.51. The van der Waals surface area contributed by atoms with Gasteiger partial charge in [-0.3, -0.25) is 19.3 Å². The highest BCUT2D eigenvalue weighted by molar-refractivity contribution is 7.90. The molecule has 0 radical (unpaired) electrons. The van der Waals surface area contributed by atoms with E-state index in [1.807, 2.05) is 20.8 Å². The Bertz CT molecular complexity index is 1890. The van der Waals surface area contributed by atoms with E-state index in [1.165, 1.54) is 49.0 Å². The number of nitrogens with zero attached hydrogens (tertiary/aromatic N) is 3. The van der Waals surface area contributed by atoms with Crippen LogP contribution >= 0.6 is 0 Å². The number of carbonyl (C=O) groups excluding carboxylic acids is 2. The SMILES string of the molecule is CNC(=O)CN1C(=O)C(C(C)C)Oc2c(-c3cn(C)c(=O)c4c3ccn4S(=O)(=O)c3ccc(C)cc3)cc(OC)cc21. The van der Waals surface area contributed by atoms with Crippen LogP contribution in [0.4, 0.5) is 5.69 Å². The molecule has 0 bridgehead atoms. The second-order valence-electron chi connectivity index (χ2n) is 10.6. The average Bonchev–Trinajstić information content (AvgIpc) is 3.42. The monoisotopic (exact) mass is 592 g/mol. The molecule has 2 amide bonds. The van der Waals surface area contributed by atoms with Crippen LogP contribution < -0.4 is 25.2 Å². The van der Waals surface area contributed by atoms with Crippen LogP contribution in [0.25, 0.3) is 22.0 Å². The molecule has 220 valence electrons. The summed E-state index contributed by atoms with van der Waals surface area (Å²) in [7, 11) is 0.383. The molecule has 1 aliphatic rings. The number of aryl methyl sites for hydroxylation is 2. The van der Waals surface area contributed by atoms with Gasteiger partial charge in [-0.25, -0.2) is 12.4 Å². The number of methoxy groups -OCH3 is 1. The highest BCUT2D eigenvalue weighted by Gasteiger charge is 2.39. The second-order valence-corrected chi connectivity index (χ2v) is 12.4. The summed E-state index contributed by atoms with van der Waals surface area (Å²) >= 11 is 0. The predicted molar refractivity (Wildman–Crippen MR) is 159 cm³/mol. The molecular weight excluding hydrogens is 560 g/mol. The molecule has 2 aromatic heterocycles. The van der Waals surface area contributed by atoms with Crippen LogP contribution in [0.3, 0.4) is 0 Å². The maximum atomic E-state index is 13.7. The van der Waals surface area contributed by atoms with E-state index >= 15 is 0 Å². The van der Waals surface area contributed by atoms with Crippen molar-refractivity contribution < 1.29 is 27.5 Å². The standard InChI is InChI=1S/C30H32N4O7S/c1-17(2)27-30(37)33(16-25(35)31-4)24-14-19(40-6)13-22(28(24)41-27)23-15-32(5)29(36)26-21(23)11-12-34(26)42(38,39)20-9-7-18(3)8-10-20/h7-15,17,27H,16H2,1-6H3,(H,31,35). The Morgan fingerprint density at radius 3 is 2.40 bits per heavy atom. The Labute approximate surface area is 243 Å². The van der Waals surface area contributed by atoms with Gasteiger partial charge in [-0.15, -0.1) is 0 Å². The summed E-state index contributed by atoms with van der Waals surface area (Å²) in [5, 5.41) is 2.92. The van der Waals surface area contributed by atoms with Crippen molar-refractivity contribution >= 4 is 38.4 Å². The topological polar surface area (TPSA) is 129 Å². The van der Waals surface area contributed by atoms with Gasteiger partial charge in [0.05, 0.1) is 17.7 Å². The van der Waals surface area contributed by atoms with E-state index in [0.717, 1.165) is 9.54 Å². The lowest BCUT2D eigenvalue weighted by molar-refractivity contribution is -0.130. The summed E-state index contributed by atoms with van der Waals surface area (Å²) in [6, 6.07) is 11.3. The molecule has 3 heterocycles. The number of ether oxygens (including phenoxy) is 2. The van der Waals surface area contributed by atoms with Gasteiger partial charge in [-0.05, 0) is 37.1 Å². The van der Waals surface area contributed by atoms with E-state index in [2.05, 4.69) is 5.32 Å². The minimum Gasteiger partial charge on any atom is -0.497 e. The fourth-order valence-electron chi connectivity index (χ4n) is 5.06. The van der Waals surface area contributed by atoms with Gasteiger partial charge in [0, 0.05) is 49.1 Å². The molecule has 0 saturated heterocycles. The summed E-state index contributed by atoms with van der Waals surface area (Å²) < 4.78 is 41.5. The molecule has 0 spiro atoms. The highest BCUT2D eigenvalue weighted by atomic mass is 32.2. The molecule has 11 nitrogen and oxygen atoms in total. The van der Waals surface area contributed by atoms with Gasteiger partial charge in [0.2, 0.25) is 5.91 Å². The van der Waals surface area contributed by atoms with Gasteiger partial charge in [0.15, 0.2) is 11.9 Å². The van der Waals surface area contributed by atoms with Crippen molar-refractivity contribution in [1.82, 2.24) is 13.9 Å². The average molecular weight is 593 g/mol. The fourth-order valence-corrected chi connectivity index (χ4v) is 6.40. The van der Waals surface area contributed by atoms with Gasteiger partial charge < -0.3 is 19.4 Å². The first-order valence-corrected chi connectivity index (χ1v) is 14.8. The Hall–Kier alpha value is -4.58. The largest absolute Gasteiger partial charge is 0.497 e. The van der Waals surface area contributed by atoms with Crippen LogP contribution in [0, 0.1) is 12.8 Å². The normalized spacial score (nSPS) is 15.1. The van der Waals surface area contributed by atoms with E-state index < -0.39 is 21.7 Å². The highest BCUT2D eigenvalue weighted by Crippen LogP contribution is 2.47. The van der Waals surface area contributed by atoms with Crippen LogP contribution in [0.1, 0.15) is 19.4 Å². The summed E-state index contributed by atoms with van der Waals surface area (Å²) in [5.74, 6) is -0.285. The third-order valence-electron chi connectivity index (χ3n) is 7.37. The molecule has 0 aliphatic carbocycles. The number of nitrogens with one attached hydrogen (secondary N) is 1. The van der Waals surface area contributed by atoms with Gasteiger partial charge in [-0.2, -0.15) is 0 Å². The number of rotatable bonds is 7. The zero-order chi connectivity index (χ0) is 30.5. The quantitative estimate of drug-likeness (QED) is 0.349. The maximum Gasteiger partial charge on any atom is 0.275 e. The van der Waals surface area contributed by atoms with Crippen molar-refractivity contribution in [2.24, 2.45) is 13.0 Å².